The molecule has 2 atom stereocenters. The normalized spacial score (nSPS) is 15.3. The number of amides is 1. The molecule has 0 saturated heterocycles. The first kappa shape index (κ1) is 11.8. The summed E-state index contributed by atoms with van der Waals surface area (Å²) in [7, 11) is 0. The van der Waals surface area contributed by atoms with Crippen LogP contribution in [0.25, 0.3) is 0 Å². The number of carbonyl (C=O) groups excluding carboxylic acids is 1. The van der Waals surface area contributed by atoms with Gasteiger partial charge >= 0.3 is 0 Å². The first-order valence-corrected chi connectivity index (χ1v) is 5.52. The Morgan fingerprint density at radius 2 is 2.17 bits per heavy atom. The van der Waals surface area contributed by atoms with Gasteiger partial charge in [0.05, 0.1) is 6.04 Å². The van der Waals surface area contributed by atoms with Crippen LogP contribution < -0.4 is 11.1 Å². The molecule has 0 bridgehead atoms. The van der Waals surface area contributed by atoms with Crippen LogP contribution >= 0.6 is 11.8 Å². The van der Waals surface area contributed by atoms with E-state index in [2.05, 4.69) is 11.6 Å². The molecule has 1 amide bonds. The standard InChI is InChI=1S/C8H18N2OS/c1-6(4-5-12-3)10-8(11)7(2)9/h6-7H,4-5,9H2,1-3H3,(H,10,11)/t6?,7-/m1/s1. The Balaban J connectivity index is 3.54. The van der Waals surface area contributed by atoms with Gasteiger partial charge in [0.25, 0.3) is 0 Å². The zero-order valence-corrected chi connectivity index (χ0v) is 8.78. The van der Waals surface area contributed by atoms with Gasteiger partial charge in [-0.1, -0.05) is 0 Å². The molecule has 12 heavy (non-hydrogen) atoms. The lowest BCUT2D eigenvalue weighted by molar-refractivity contribution is -0.122. The summed E-state index contributed by atoms with van der Waals surface area (Å²) in [6.07, 6.45) is 3.06. The van der Waals surface area contributed by atoms with Crippen molar-refractivity contribution in [2.75, 3.05) is 12.0 Å². The van der Waals surface area contributed by atoms with Gasteiger partial charge in [0.1, 0.15) is 0 Å². The highest BCUT2D eigenvalue weighted by Crippen LogP contribution is 1.99. The number of rotatable bonds is 5. The highest BCUT2D eigenvalue weighted by molar-refractivity contribution is 7.98. The van der Waals surface area contributed by atoms with Crippen molar-refractivity contribution in [1.29, 1.82) is 0 Å². The summed E-state index contributed by atoms with van der Waals surface area (Å²) in [5.74, 6) is 1.00. The van der Waals surface area contributed by atoms with Gasteiger partial charge < -0.3 is 11.1 Å². The molecule has 0 rings (SSSR count). The fourth-order valence-electron chi connectivity index (χ4n) is 0.741. The van der Waals surface area contributed by atoms with E-state index in [1.54, 1.807) is 18.7 Å². The van der Waals surface area contributed by atoms with Crippen LogP contribution in [0.2, 0.25) is 0 Å². The van der Waals surface area contributed by atoms with Gasteiger partial charge in [0.15, 0.2) is 0 Å². The largest absolute Gasteiger partial charge is 0.352 e. The highest BCUT2D eigenvalue weighted by Gasteiger charge is 2.09. The molecule has 0 radical (unpaired) electrons. The van der Waals surface area contributed by atoms with Crippen LogP contribution in [0.5, 0.6) is 0 Å². The van der Waals surface area contributed by atoms with Crippen LogP contribution in [0.4, 0.5) is 0 Å². The Bertz CT molecular complexity index is 139. The van der Waals surface area contributed by atoms with Crippen LogP contribution in [0.1, 0.15) is 20.3 Å². The molecular weight excluding hydrogens is 172 g/mol. The quantitative estimate of drug-likeness (QED) is 0.667. The second kappa shape index (κ2) is 6.31. The van der Waals surface area contributed by atoms with Crippen LogP contribution in [0, 0.1) is 0 Å². The van der Waals surface area contributed by atoms with Crippen molar-refractivity contribution >= 4 is 17.7 Å². The van der Waals surface area contributed by atoms with Crippen LogP contribution in [-0.4, -0.2) is 30.0 Å². The molecule has 3 nitrogen and oxygen atoms in total. The molecule has 0 fully saturated rings. The lowest BCUT2D eigenvalue weighted by Gasteiger charge is -2.14. The number of hydrogen-bond acceptors (Lipinski definition) is 3. The first-order valence-electron chi connectivity index (χ1n) is 4.12. The van der Waals surface area contributed by atoms with Crippen LogP contribution in [-0.2, 0) is 4.79 Å². The van der Waals surface area contributed by atoms with E-state index in [1.165, 1.54) is 0 Å². The maximum atomic E-state index is 11.1. The molecule has 0 aliphatic heterocycles. The van der Waals surface area contributed by atoms with E-state index in [0.717, 1.165) is 12.2 Å². The molecule has 0 aromatic rings. The molecule has 0 aromatic carbocycles. The summed E-state index contributed by atoms with van der Waals surface area (Å²) in [6.45, 7) is 3.69. The summed E-state index contributed by atoms with van der Waals surface area (Å²) < 4.78 is 0. The van der Waals surface area contributed by atoms with Crippen LogP contribution in [0.15, 0.2) is 0 Å². The monoisotopic (exact) mass is 190 g/mol. The molecule has 0 aliphatic rings. The minimum absolute atomic E-state index is 0.0661. The molecule has 1 unspecified atom stereocenters. The van der Waals surface area contributed by atoms with E-state index in [0.29, 0.717) is 0 Å². The zero-order chi connectivity index (χ0) is 9.56. The topological polar surface area (TPSA) is 55.1 Å². The van der Waals surface area contributed by atoms with Gasteiger partial charge in [-0.2, -0.15) is 11.8 Å². The molecule has 72 valence electrons. The minimum atomic E-state index is -0.401. The van der Waals surface area contributed by atoms with Crippen LogP contribution in [0.3, 0.4) is 0 Å². The van der Waals surface area contributed by atoms with Crippen molar-refractivity contribution in [3.63, 3.8) is 0 Å². The Hall–Kier alpha value is -0.220. The van der Waals surface area contributed by atoms with Gasteiger partial charge in [-0.05, 0) is 32.3 Å². The first-order chi connectivity index (χ1) is 5.57. The predicted molar refractivity (Wildman–Crippen MR) is 54.3 cm³/mol. The molecule has 0 saturated carbocycles. The predicted octanol–water partition coefficient (Wildman–Crippen LogP) is 0.591. The molecule has 4 heteroatoms. The zero-order valence-electron chi connectivity index (χ0n) is 7.96. The SMILES string of the molecule is CSCCC(C)NC(=O)[C@@H](C)N. The Kier molecular flexibility index (Phi) is 6.20. The van der Waals surface area contributed by atoms with E-state index >= 15 is 0 Å². The van der Waals surface area contributed by atoms with Crippen molar-refractivity contribution < 1.29 is 4.79 Å². The smallest absolute Gasteiger partial charge is 0.236 e. The van der Waals surface area contributed by atoms with Crippen molar-refractivity contribution in [3.8, 4) is 0 Å². The molecule has 0 heterocycles. The Morgan fingerprint density at radius 3 is 2.58 bits per heavy atom. The maximum Gasteiger partial charge on any atom is 0.236 e. The summed E-state index contributed by atoms with van der Waals surface area (Å²) in [6, 6.07) is -0.169. The number of carbonyl (C=O) groups is 1. The molecule has 0 spiro atoms. The second-order valence-corrected chi connectivity index (χ2v) is 3.97. The van der Waals surface area contributed by atoms with Crippen molar-refractivity contribution in [3.05, 3.63) is 0 Å². The van der Waals surface area contributed by atoms with Crippen molar-refractivity contribution in [2.45, 2.75) is 32.4 Å². The minimum Gasteiger partial charge on any atom is -0.352 e. The second-order valence-electron chi connectivity index (χ2n) is 2.98. The summed E-state index contributed by atoms with van der Waals surface area (Å²) in [5, 5.41) is 2.84. The Labute approximate surface area is 78.5 Å². The number of hydrogen-bond donors (Lipinski definition) is 2. The maximum absolute atomic E-state index is 11.1. The lowest BCUT2D eigenvalue weighted by Crippen LogP contribution is -2.42. The van der Waals surface area contributed by atoms with Crippen molar-refractivity contribution in [1.82, 2.24) is 5.32 Å². The fraction of sp³-hybridized carbons (Fsp3) is 0.875. The molecular formula is C8H18N2OS. The van der Waals surface area contributed by atoms with Gasteiger partial charge in [-0.3, -0.25) is 4.79 Å². The fourth-order valence-corrected chi connectivity index (χ4v) is 1.33. The van der Waals surface area contributed by atoms with Crippen molar-refractivity contribution in [2.24, 2.45) is 5.73 Å². The summed E-state index contributed by atoms with van der Waals surface area (Å²) in [4.78, 5) is 11.1. The molecule has 0 aliphatic carbocycles. The third-order valence-corrected chi connectivity index (χ3v) is 2.20. The number of nitrogens with one attached hydrogen (secondary N) is 1. The van der Waals surface area contributed by atoms with Gasteiger partial charge in [-0.25, -0.2) is 0 Å². The Morgan fingerprint density at radius 1 is 1.58 bits per heavy atom. The number of nitrogens with two attached hydrogens (primary N) is 1. The van der Waals surface area contributed by atoms with E-state index in [1.807, 2.05) is 6.92 Å². The van der Waals surface area contributed by atoms with Gasteiger partial charge in [0, 0.05) is 6.04 Å². The average molecular weight is 190 g/mol. The van der Waals surface area contributed by atoms with E-state index in [4.69, 9.17) is 5.73 Å². The van der Waals surface area contributed by atoms with Gasteiger partial charge in [0.2, 0.25) is 5.91 Å². The number of thioether (sulfide) groups is 1. The molecule has 3 N–H and O–H groups in total. The van der Waals surface area contributed by atoms with E-state index in [-0.39, 0.29) is 11.9 Å². The third kappa shape index (κ3) is 5.43. The highest BCUT2D eigenvalue weighted by atomic mass is 32.2. The summed E-state index contributed by atoms with van der Waals surface area (Å²) in [5.41, 5.74) is 5.40. The van der Waals surface area contributed by atoms with Gasteiger partial charge in [-0.15, -0.1) is 0 Å². The van der Waals surface area contributed by atoms with E-state index < -0.39 is 6.04 Å². The lowest BCUT2D eigenvalue weighted by atomic mass is 10.2. The average Bonchev–Trinajstić information content (AvgIpc) is 2.00. The summed E-state index contributed by atoms with van der Waals surface area (Å²) >= 11 is 1.78. The third-order valence-electron chi connectivity index (χ3n) is 1.56. The van der Waals surface area contributed by atoms with E-state index in [9.17, 15) is 4.79 Å². The molecule has 0 aromatic heterocycles.